The number of nitrogens with one attached hydrogen (secondary N) is 2. The summed E-state index contributed by atoms with van der Waals surface area (Å²) in [5, 5.41) is 5.89. The van der Waals surface area contributed by atoms with Crippen LogP contribution in [0.1, 0.15) is 51.9 Å². The first-order valence-electron chi connectivity index (χ1n) is 10.6. The lowest BCUT2D eigenvalue weighted by Crippen LogP contribution is -2.46. The first kappa shape index (κ1) is 22.0. The van der Waals surface area contributed by atoms with Gasteiger partial charge in [0.15, 0.2) is 0 Å². The fraction of sp³-hybridized carbons (Fsp3) is 0.333. The minimum absolute atomic E-state index is 0.122. The third-order valence-electron chi connectivity index (χ3n) is 5.92. The number of carbonyl (C=O) groups is 4. The van der Waals surface area contributed by atoms with Gasteiger partial charge in [-0.25, -0.2) is 0 Å². The number of carbonyl (C=O) groups excluding carboxylic acids is 4. The van der Waals surface area contributed by atoms with E-state index >= 15 is 0 Å². The Morgan fingerprint density at radius 3 is 2.72 bits per heavy atom. The molecule has 0 saturated carbocycles. The minimum atomic E-state index is -0.647. The van der Waals surface area contributed by atoms with Crippen LogP contribution in [0, 0.1) is 6.92 Å². The van der Waals surface area contributed by atoms with Gasteiger partial charge in [-0.05, 0) is 54.2 Å². The van der Waals surface area contributed by atoms with E-state index in [0.29, 0.717) is 36.5 Å². The summed E-state index contributed by atoms with van der Waals surface area (Å²) in [6.07, 6.45) is 1.54. The molecule has 1 atom stereocenters. The molecule has 0 aliphatic carbocycles. The van der Waals surface area contributed by atoms with Gasteiger partial charge in [0, 0.05) is 30.1 Å². The second kappa shape index (κ2) is 9.12. The maximum atomic E-state index is 12.8. The quantitative estimate of drug-likeness (QED) is 0.680. The Balaban J connectivity index is 1.39. The number of aryl methyl sites for hydroxylation is 1. The van der Waals surface area contributed by atoms with E-state index in [-0.39, 0.29) is 30.6 Å². The standard InChI is InChI=1S/C24H24ClN3O4/c1-14-5-6-15(10-19(14)25)11-22(30)26-12-16-7-8-18-17(9-16)13-28(24(18)32)20-3-2-4-21(29)27-23(20)31/h5-10,20H,2-4,11-13H2,1H3,(H,26,30)(H,27,29,31)/t20-/m0/s1. The molecule has 2 aromatic carbocycles. The van der Waals surface area contributed by atoms with Crippen LogP contribution in [0.4, 0.5) is 0 Å². The third kappa shape index (κ3) is 4.67. The molecule has 0 bridgehead atoms. The summed E-state index contributed by atoms with van der Waals surface area (Å²) >= 11 is 6.12. The van der Waals surface area contributed by atoms with Gasteiger partial charge in [0.25, 0.3) is 5.91 Å². The molecule has 7 nitrogen and oxygen atoms in total. The van der Waals surface area contributed by atoms with E-state index in [4.69, 9.17) is 11.6 Å². The van der Waals surface area contributed by atoms with Crippen LogP contribution in [0.2, 0.25) is 5.02 Å². The predicted molar refractivity (Wildman–Crippen MR) is 119 cm³/mol. The number of benzene rings is 2. The van der Waals surface area contributed by atoms with Gasteiger partial charge in [0.2, 0.25) is 17.7 Å². The van der Waals surface area contributed by atoms with Crippen molar-refractivity contribution >= 4 is 35.2 Å². The molecule has 0 spiro atoms. The van der Waals surface area contributed by atoms with Crippen molar-refractivity contribution in [1.29, 1.82) is 0 Å². The molecular weight excluding hydrogens is 430 g/mol. The first-order valence-corrected chi connectivity index (χ1v) is 11.0. The van der Waals surface area contributed by atoms with Crippen molar-refractivity contribution in [2.45, 2.75) is 51.7 Å². The van der Waals surface area contributed by atoms with Crippen LogP contribution < -0.4 is 10.6 Å². The van der Waals surface area contributed by atoms with Crippen molar-refractivity contribution in [1.82, 2.24) is 15.5 Å². The SMILES string of the molecule is Cc1ccc(CC(=O)NCc2ccc3c(c2)CN([C@H]2CCCC(=O)NC2=O)C3=O)cc1Cl. The molecule has 8 heteroatoms. The molecule has 166 valence electrons. The van der Waals surface area contributed by atoms with Gasteiger partial charge in [-0.15, -0.1) is 0 Å². The second-order valence-corrected chi connectivity index (χ2v) is 8.69. The average molecular weight is 454 g/mol. The van der Waals surface area contributed by atoms with Gasteiger partial charge in [0.05, 0.1) is 6.42 Å². The lowest BCUT2D eigenvalue weighted by Gasteiger charge is -2.24. The summed E-state index contributed by atoms with van der Waals surface area (Å²) in [7, 11) is 0. The Morgan fingerprint density at radius 2 is 1.94 bits per heavy atom. The molecule has 0 aromatic heterocycles. The number of imide groups is 1. The predicted octanol–water partition coefficient (Wildman–Crippen LogP) is 2.66. The van der Waals surface area contributed by atoms with Crippen LogP contribution in [-0.4, -0.2) is 34.6 Å². The van der Waals surface area contributed by atoms with Crippen LogP contribution >= 0.6 is 11.6 Å². The highest BCUT2D eigenvalue weighted by Gasteiger charge is 2.37. The number of halogens is 1. The Morgan fingerprint density at radius 1 is 1.16 bits per heavy atom. The molecule has 1 saturated heterocycles. The average Bonchev–Trinajstić information content (AvgIpc) is 2.97. The van der Waals surface area contributed by atoms with E-state index in [1.54, 1.807) is 18.2 Å². The fourth-order valence-electron chi connectivity index (χ4n) is 4.12. The number of fused-ring (bicyclic) bond motifs is 1. The molecule has 4 amide bonds. The monoisotopic (exact) mass is 453 g/mol. The summed E-state index contributed by atoms with van der Waals surface area (Å²) in [4.78, 5) is 50.7. The van der Waals surface area contributed by atoms with Gasteiger partial charge in [0.1, 0.15) is 6.04 Å². The van der Waals surface area contributed by atoms with Gasteiger partial charge in [-0.3, -0.25) is 24.5 Å². The summed E-state index contributed by atoms with van der Waals surface area (Å²) < 4.78 is 0. The molecule has 2 aliphatic heterocycles. The Kier molecular flexibility index (Phi) is 6.28. The summed E-state index contributed by atoms with van der Waals surface area (Å²) in [6, 6.07) is 10.3. The van der Waals surface area contributed by atoms with Crippen LogP contribution in [0.25, 0.3) is 0 Å². The Hall–Kier alpha value is -3.19. The summed E-state index contributed by atoms with van der Waals surface area (Å²) in [5.74, 6) is -1.05. The molecule has 2 aromatic rings. The molecule has 2 N–H and O–H groups in total. The van der Waals surface area contributed by atoms with Gasteiger partial charge in [-0.1, -0.05) is 35.9 Å². The number of nitrogens with zero attached hydrogens (tertiary/aromatic N) is 1. The lowest BCUT2D eigenvalue weighted by atomic mass is 10.1. The van der Waals surface area contributed by atoms with E-state index < -0.39 is 11.9 Å². The Labute approximate surface area is 191 Å². The molecule has 32 heavy (non-hydrogen) atoms. The van der Waals surface area contributed by atoms with Crippen molar-refractivity contribution in [2.75, 3.05) is 0 Å². The molecule has 1 fully saturated rings. The van der Waals surface area contributed by atoms with E-state index in [2.05, 4.69) is 10.6 Å². The fourth-order valence-corrected chi connectivity index (χ4v) is 4.32. The van der Waals surface area contributed by atoms with Gasteiger partial charge in [-0.2, -0.15) is 0 Å². The lowest BCUT2D eigenvalue weighted by molar-refractivity contribution is -0.132. The van der Waals surface area contributed by atoms with Crippen molar-refractivity contribution in [3.8, 4) is 0 Å². The topological polar surface area (TPSA) is 95.6 Å². The van der Waals surface area contributed by atoms with Crippen molar-refractivity contribution in [3.05, 3.63) is 69.2 Å². The molecule has 2 aliphatic rings. The second-order valence-electron chi connectivity index (χ2n) is 8.28. The zero-order valence-electron chi connectivity index (χ0n) is 17.7. The van der Waals surface area contributed by atoms with Gasteiger partial charge < -0.3 is 10.2 Å². The van der Waals surface area contributed by atoms with Crippen LogP contribution in [0.5, 0.6) is 0 Å². The maximum absolute atomic E-state index is 12.8. The third-order valence-corrected chi connectivity index (χ3v) is 6.32. The smallest absolute Gasteiger partial charge is 0.255 e. The van der Waals surface area contributed by atoms with Crippen LogP contribution in [0.3, 0.4) is 0 Å². The number of hydrogen-bond donors (Lipinski definition) is 2. The van der Waals surface area contributed by atoms with Crippen molar-refractivity contribution in [2.24, 2.45) is 0 Å². The van der Waals surface area contributed by atoms with Gasteiger partial charge >= 0.3 is 0 Å². The zero-order chi connectivity index (χ0) is 22.8. The van der Waals surface area contributed by atoms with Crippen LogP contribution in [-0.2, 0) is 33.9 Å². The normalized spacial score (nSPS) is 18.2. The van der Waals surface area contributed by atoms with Crippen molar-refractivity contribution in [3.63, 3.8) is 0 Å². The summed E-state index contributed by atoms with van der Waals surface area (Å²) in [6.45, 7) is 2.55. The van der Waals surface area contributed by atoms with E-state index in [1.807, 2.05) is 25.1 Å². The minimum Gasteiger partial charge on any atom is -0.352 e. The maximum Gasteiger partial charge on any atom is 0.255 e. The highest BCUT2D eigenvalue weighted by molar-refractivity contribution is 6.31. The van der Waals surface area contributed by atoms with E-state index in [1.165, 1.54) is 4.90 Å². The highest BCUT2D eigenvalue weighted by atomic mass is 35.5. The number of rotatable bonds is 5. The molecule has 0 radical (unpaired) electrons. The van der Waals surface area contributed by atoms with Crippen LogP contribution in [0.15, 0.2) is 36.4 Å². The molecule has 2 heterocycles. The largest absolute Gasteiger partial charge is 0.352 e. The molecule has 0 unspecified atom stereocenters. The highest BCUT2D eigenvalue weighted by Crippen LogP contribution is 2.28. The van der Waals surface area contributed by atoms with E-state index in [0.717, 1.165) is 22.3 Å². The molecule has 4 rings (SSSR count). The first-order chi connectivity index (χ1) is 15.3. The Bertz CT molecular complexity index is 1110. The molecular formula is C24H24ClN3O4. The summed E-state index contributed by atoms with van der Waals surface area (Å²) in [5.41, 5.74) is 4.04. The zero-order valence-corrected chi connectivity index (χ0v) is 18.5. The van der Waals surface area contributed by atoms with Crippen molar-refractivity contribution < 1.29 is 19.2 Å². The van der Waals surface area contributed by atoms with E-state index in [9.17, 15) is 19.2 Å². The number of hydrogen-bond acceptors (Lipinski definition) is 4. The number of amides is 4.